The molecule has 228 valence electrons. The van der Waals surface area contributed by atoms with Crippen molar-refractivity contribution in [3.05, 3.63) is 33.7 Å². The number of aryl methyl sites for hydroxylation is 1. The number of Topliss-reactive ketones (excluding diaryl/α,β-unsaturated/α-hetero) is 1. The van der Waals surface area contributed by atoms with Gasteiger partial charge in [0.25, 0.3) is 0 Å². The molecule has 4 aliphatic carbocycles. The van der Waals surface area contributed by atoms with E-state index in [-0.39, 0.29) is 40.2 Å². The Balaban J connectivity index is 1.27. The maximum Gasteiger partial charge on any atom is 0.404 e. The van der Waals surface area contributed by atoms with Crippen LogP contribution < -0.4 is 16.1 Å². The number of ketones is 1. The fourth-order valence-electron chi connectivity index (χ4n) is 8.56. The first-order chi connectivity index (χ1) is 19.8. The minimum absolute atomic E-state index is 0.0141. The summed E-state index contributed by atoms with van der Waals surface area (Å²) in [6.07, 6.45) is 0.857. The molecule has 1 aliphatic heterocycles. The Hall–Kier alpha value is -3.15. The van der Waals surface area contributed by atoms with E-state index in [4.69, 9.17) is 24.4 Å². The van der Waals surface area contributed by atoms with E-state index in [0.717, 1.165) is 19.3 Å². The summed E-state index contributed by atoms with van der Waals surface area (Å²) < 4.78 is 22.7. The zero-order valence-electron chi connectivity index (χ0n) is 24.1. The largest absolute Gasteiger partial charge is 0.507 e. The summed E-state index contributed by atoms with van der Waals surface area (Å²) in [5.41, 5.74) is 3.32. The van der Waals surface area contributed by atoms with Crippen molar-refractivity contribution in [3.63, 3.8) is 0 Å². The summed E-state index contributed by atoms with van der Waals surface area (Å²) in [6.45, 7) is 4.49. The van der Waals surface area contributed by atoms with Crippen molar-refractivity contribution in [2.75, 3.05) is 6.61 Å². The van der Waals surface area contributed by atoms with Crippen LogP contribution in [0, 0.1) is 36.0 Å². The van der Waals surface area contributed by atoms with Crippen LogP contribution in [0.3, 0.4) is 0 Å². The first-order valence-electron chi connectivity index (χ1n) is 14.7. The first kappa shape index (κ1) is 28.9. The van der Waals surface area contributed by atoms with Gasteiger partial charge < -0.3 is 39.7 Å². The number of rotatable bonds is 7. The number of amides is 1. The zero-order valence-corrected chi connectivity index (χ0v) is 24.1. The van der Waals surface area contributed by atoms with Crippen molar-refractivity contribution in [1.82, 2.24) is 0 Å². The summed E-state index contributed by atoms with van der Waals surface area (Å²) >= 11 is 0. The summed E-state index contributed by atoms with van der Waals surface area (Å²) in [5, 5.41) is 32.2. The Morgan fingerprint density at radius 1 is 1.10 bits per heavy atom. The highest BCUT2D eigenvalue weighted by molar-refractivity contribution is 5.92. The van der Waals surface area contributed by atoms with E-state index in [2.05, 4.69) is 0 Å². The predicted octanol–water partition coefficient (Wildman–Crippen LogP) is 3.08. The first-order valence-corrected chi connectivity index (χ1v) is 14.7. The highest BCUT2D eigenvalue weighted by Gasteiger charge is 2.55. The Bertz CT molecular complexity index is 1440. The van der Waals surface area contributed by atoms with Gasteiger partial charge in [-0.25, -0.2) is 9.59 Å². The maximum absolute atomic E-state index is 13.7. The molecule has 1 aromatic carbocycles. The quantitative estimate of drug-likeness (QED) is 0.353. The van der Waals surface area contributed by atoms with Crippen molar-refractivity contribution >= 4 is 22.8 Å². The predicted molar refractivity (Wildman–Crippen MR) is 149 cm³/mol. The molecule has 1 aromatic heterocycles. The Morgan fingerprint density at radius 2 is 1.71 bits per heavy atom. The smallest absolute Gasteiger partial charge is 0.404 e. The fraction of sp³-hybridized carbons (Fsp3) is 0.645. The second kappa shape index (κ2) is 10.2. The van der Waals surface area contributed by atoms with Gasteiger partial charge >= 0.3 is 11.7 Å². The maximum atomic E-state index is 13.7. The van der Waals surface area contributed by atoms with Crippen LogP contribution in [0.25, 0.3) is 11.0 Å². The van der Waals surface area contributed by atoms with Crippen LogP contribution in [0.2, 0.25) is 0 Å². The van der Waals surface area contributed by atoms with Gasteiger partial charge in [-0.1, -0.05) is 0 Å². The number of aliphatic hydroxyl groups is 2. The third-order valence-electron chi connectivity index (χ3n) is 10.3. The summed E-state index contributed by atoms with van der Waals surface area (Å²) in [4.78, 5) is 38.3. The molecule has 11 heteroatoms. The van der Waals surface area contributed by atoms with Crippen molar-refractivity contribution in [1.29, 1.82) is 0 Å². The van der Waals surface area contributed by atoms with E-state index in [1.165, 1.54) is 31.4 Å². The fourth-order valence-corrected chi connectivity index (χ4v) is 8.56. The topological polar surface area (TPSA) is 179 Å². The molecular weight excluding hydrogens is 546 g/mol. The normalized spacial score (nSPS) is 34.8. The average molecular weight is 586 g/mol. The minimum atomic E-state index is -1.50. The van der Waals surface area contributed by atoms with Gasteiger partial charge in [0.05, 0.1) is 29.1 Å². The number of nitrogens with two attached hydrogens (primary N) is 1. The monoisotopic (exact) mass is 585 g/mol. The van der Waals surface area contributed by atoms with Crippen LogP contribution in [0.4, 0.5) is 4.79 Å². The lowest BCUT2D eigenvalue weighted by Crippen LogP contribution is -2.62. The molecule has 1 amide bonds. The molecule has 11 nitrogen and oxygen atoms in total. The van der Waals surface area contributed by atoms with E-state index in [9.17, 15) is 29.7 Å². The number of aliphatic hydroxyl groups excluding tert-OH is 2. The van der Waals surface area contributed by atoms with E-state index in [1.54, 1.807) is 20.8 Å². The molecule has 2 heterocycles. The molecule has 1 unspecified atom stereocenters. The van der Waals surface area contributed by atoms with E-state index >= 15 is 0 Å². The van der Waals surface area contributed by atoms with Gasteiger partial charge in [0, 0.05) is 17.4 Å². The Kier molecular flexibility index (Phi) is 7.06. The molecule has 0 radical (unpaired) electrons. The number of aromatic hydroxyl groups is 1. The Labute approximate surface area is 242 Å². The van der Waals surface area contributed by atoms with Gasteiger partial charge in [0.15, 0.2) is 6.10 Å². The van der Waals surface area contributed by atoms with Gasteiger partial charge in [-0.2, -0.15) is 0 Å². The minimum Gasteiger partial charge on any atom is -0.507 e. The number of benzene rings is 1. The number of hydrogen-bond acceptors (Lipinski definition) is 10. The second-order valence-corrected chi connectivity index (χ2v) is 13.5. The van der Waals surface area contributed by atoms with Crippen LogP contribution in [-0.2, 0) is 20.7 Å². The van der Waals surface area contributed by atoms with Gasteiger partial charge in [0.2, 0.25) is 6.29 Å². The van der Waals surface area contributed by atoms with Gasteiger partial charge in [-0.15, -0.1) is 0 Å². The van der Waals surface area contributed by atoms with E-state index < -0.39 is 53.8 Å². The molecule has 5 aliphatic rings. The van der Waals surface area contributed by atoms with Crippen LogP contribution in [-0.4, -0.2) is 57.9 Å². The third kappa shape index (κ3) is 4.75. The van der Waals surface area contributed by atoms with Crippen LogP contribution >= 0.6 is 0 Å². The molecule has 0 spiro atoms. The van der Waals surface area contributed by atoms with Gasteiger partial charge in [-0.05, 0) is 89.2 Å². The van der Waals surface area contributed by atoms with Crippen molar-refractivity contribution in [2.24, 2.45) is 34.8 Å². The molecule has 7 rings (SSSR count). The average Bonchev–Trinajstić information content (AvgIpc) is 2.90. The number of primary amides is 1. The summed E-state index contributed by atoms with van der Waals surface area (Å²) in [5.74, 6) is 0.853. The molecular formula is C31H39NO10. The molecule has 4 atom stereocenters. The molecule has 5 N–H and O–H groups in total. The number of hydrogen-bond donors (Lipinski definition) is 4. The van der Waals surface area contributed by atoms with Crippen molar-refractivity contribution < 1.29 is 43.5 Å². The SMILES string of the molecule is Cc1c(O[C@@H]2OC(C)(C)[C@H](CO)[C@H](OC(N)=O)C2O)ccc2c(O)c(CC(=O)C34CC5CC(CC(C5)C3)C4)c(=O)oc12. The van der Waals surface area contributed by atoms with E-state index in [1.807, 2.05) is 0 Å². The molecule has 5 fully saturated rings. The lowest BCUT2D eigenvalue weighted by molar-refractivity contribution is -0.290. The number of ether oxygens (including phenoxy) is 3. The molecule has 1 saturated heterocycles. The van der Waals surface area contributed by atoms with Crippen molar-refractivity contribution in [2.45, 2.75) is 89.8 Å². The summed E-state index contributed by atoms with van der Waals surface area (Å²) in [6, 6.07) is 3.05. The van der Waals surface area contributed by atoms with Crippen LogP contribution in [0.15, 0.2) is 21.3 Å². The van der Waals surface area contributed by atoms with Crippen molar-refractivity contribution in [3.8, 4) is 11.5 Å². The standard InChI is InChI=1S/C31H39NO10/c1-14-21(39-28-24(36)26(41-29(32)38)20(13-33)30(2,3)42-28)5-4-18-23(35)19(27(37)40-25(14)18)9-22(34)31-10-15-6-16(11-31)8-17(7-15)12-31/h4-5,15-17,20,24,26,28,33,35-36H,6-13H2,1-3H3,(H2,32,38)/t15?,16?,17?,20-,24?,26+,28-,31?/m1/s1. The highest BCUT2D eigenvalue weighted by Crippen LogP contribution is 2.60. The molecule has 4 bridgehead atoms. The number of fused-ring (bicyclic) bond motifs is 1. The van der Waals surface area contributed by atoms with Gasteiger partial charge in [0.1, 0.15) is 29.0 Å². The lowest BCUT2D eigenvalue weighted by atomic mass is 9.48. The summed E-state index contributed by atoms with van der Waals surface area (Å²) in [7, 11) is 0. The Morgan fingerprint density at radius 3 is 2.29 bits per heavy atom. The van der Waals surface area contributed by atoms with Crippen LogP contribution in [0.5, 0.6) is 11.5 Å². The third-order valence-corrected chi connectivity index (χ3v) is 10.3. The molecule has 42 heavy (non-hydrogen) atoms. The molecule has 2 aromatic rings. The van der Waals surface area contributed by atoms with E-state index in [0.29, 0.717) is 23.3 Å². The van der Waals surface area contributed by atoms with Gasteiger partial charge in [-0.3, -0.25) is 4.79 Å². The molecule has 4 saturated carbocycles. The lowest BCUT2D eigenvalue weighted by Gasteiger charge is -2.56. The second-order valence-electron chi connectivity index (χ2n) is 13.5. The number of carbonyl (C=O) groups excluding carboxylic acids is 2. The van der Waals surface area contributed by atoms with Crippen LogP contribution in [0.1, 0.15) is 63.5 Å². The number of carbonyl (C=O) groups is 2. The zero-order chi connectivity index (χ0) is 30.1. The highest BCUT2D eigenvalue weighted by atomic mass is 16.7.